The third kappa shape index (κ3) is 7.45. The van der Waals surface area contributed by atoms with Gasteiger partial charge in [-0.05, 0) is 49.8 Å². The van der Waals surface area contributed by atoms with E-state index in [2.05, 4.69) is 10.6 Å². The molecule has 1 aliphatic heterocycles. The quantitative estimate of drug-likeness (QED) is 0.335. The van der Waals surface area contributed by atoms with Gasteiger partial charge in [-0.25, -0.2) is 0 Å². The van der Waals surface area contributed by atoms with Gasteiger partial charge in [0.2, 0.25) is 17.7 Å². The topological polar surface area (TPSA) is 162 Å². The molecule has 0 aromatic heterocycles. The Morgan fingerprint density at radius 2 is 1.76 bits per heavy atom. The predicted molar refractivity (Wildman–Crippen MR) is 121 cm³/mol. The van der Waals surface area contributed by atoms with Gasteiger partial charge in [-0.15, -0.1) is 0 Å². The highest BCUT2D eigenvalue weighted by molar-refractivity contribution is 5.94. The summed E-state index contributed by atoms with van der Waals surface area (Å²) in [5.41, 5.74) is 6.71. The number of aromatic hydroxyl groups is 1. The number of aliphatic carboxylic acids is 1. The van der Waals surface area contributed by atoms with Crippen LogP contribution in [0.3, 0.4) is 0 Å². The molecular formula is C23H34N4O6. The first-order valence-electron chi connectivity index (χ1n) is 11.2. The number of nitrogens with one attached hydrogen (secondary N) is 2. The van der Waals surface area contributed by atoms with Crippen LogP contribution >= 0.6 is 0 Å². The van der Waals surface area contributed by atoms with Crippen LogP contribution in [0.25, 0.3) is 0 Å². The van der Waals surface area contributed by atoms with Crippen LogP contribution in [0.5, 0.6) is 5.75 Å². The molecule has 6 N–H and O–H groups in total. The highest BCUT2D eigenvalue weighted by atomic mass is 16.4. The van der Waals surface area contributed by atoms with E-state index in [1.165, 1.54) is 24.0 Å². The summed E-state index contributed by atoms with van der Waals surface area (Å²) < 4.78 is 0. The van der Waals surface area contributed by atoms with Crippen molar-refractivity contribution in [3.05, 3.63) is 29.8 Å². The van der Waals surface area contributed by atoms with Crippen LogP contribution in [0.1, 0.15) is 45.6 Å². The Labute approximate surface area is 193 Å². The summed E-state index contributed by atoms with van der Waals surface area (Å²) in [5, 5.41) is 23.7. The molecule has 0 saturated carbocycles. The van der Waals surface area contributed by atoms with Crippen molar-refractivity contribution in [1.82, 2.24) is 15.5 Å². The number of amides is 3. The molecule has 1 aliphatic rings. The number of hydrogen-bond donors (Lipinski definition) is 5. The number of nitrogens with zero attached hydrogens (tertiary/aromatic N) is 1. The van der Waals surface area contributed by atoms with E-state index >= 15 is 0 Å². The van der Waals surface area contributed by atoms with Crippen LogP contribution in [-0.2, 0) is 25.6 Å². The number of nitrogens with two attached hydrogens (primary N) is 1. The van der Waals surface area contributed by atoms with Gasteiger partial charge in [-0.1, -0.05) is 26.0 Å². The smallest absolute Gasteiger partial charge is 0.325 e. The van der Waals surface area contributed by atoms with E-state index in [1.54, 1.807) is 12.1 Å². The molecule has 182 valence electrons. The molecule has 1 heterocycles. The summed E-state index contributed by atoms with van der Waals surface area (Å²) in [4.78, 5) is 51.3. The third-order valence-electron chi connectivity index (χ3n) is 5.62. The van der Waals surface area contributed by atoms with Crippen LogP contribution in [0.2, 0.25) is 0 Å². The zero-order valence-corrected chi connectivity index (χ0v) is 19.3. The van der Waals surface area contributed by atoms with Crippen LogP contribution in [0.15, 0.2) is 24.3 Å². The zero-order chi connectivity index (χ0) is 24.7. The Bertz CT molecular complexity index is 857. The number of phenolic OH excluding ortho intramolecular Hbond substituents is 1. The Hall–Kier alpha value is -3.14. The normalized spacial score (nSPS) is 18.5. The standard InChI is InChI=1S/C23H34N4O6/c1-13(2)11-17(24)20(29)26-18(12-15-6-8-16(28)9-7-15)22(31)27-10-4-5-19(27)21(30)25-14(3)23(32)33/h6-9,13-14,17-19,28H,4-5,10-12,24H2,1-3H3,(H,25,30)(H,26,29)(H,32,33). The average molecular weight is 463 g/mol. The molecule has 33 heavy (non-hydrogen) atoms. The summed E-state index contributed by atoms with van der Waals surface area (Å²) in [5.74, 6) is -2.33. The lowest BCUT2D eigenvalue weighted by Gasteiger charge is -2.30. The molecular weight excluding hydrogens is 428 g/mol. The molecule has 4 atom stereocenters. The minimum atomic E-state index is -1.17. The van der Waals surface area contributed by atoms with Gasteiger partial charge in [0, 0.05) is 13.0 Å². The average Bonchev–Trinajstić information content (AvgIpc) is 3.23. The Morgan fingerprint density at radius 3 is 2.33 bits per heavy atom. The maximum atomic E-state index is 13.5. The molecule has 10 nitrogen and oxygen atoms in total. The maximum Gasteiger partial charge on any atom is 0.325 e. The zero-order valence-electron chi connectivity index (χ0n) is 19.3. The molecule has 0 spiro atoms. The number of carbonyl (C=O) groups is 4. The lowest BCUT2D eigenvalue weighted by molar-refractivity contribution is -0.144. The van der Waals surface area contributed by atoms with Crippen LogP contribution in [0, 0.1) is 5.92 Å². The number of hydrogen-bond acceptors (Lipinski definition) is 6. The van der Waals surface area contributed by atoms with Crippen LogP contribution < -0.4 is 16.4 Å². The van der Waals surface area contributed by atoms with Crippen molar-refractivity contribution in [1.29, 1.82) is 0 Å². The summed E-state index contributed by atoms with van der Waals surface area (Å²) in [6.45, 7) is 5.55. The van der Waals surface area contributed by atoms with Crippen molar-refractivity contribution in [2.75, 3.05) is 6.54 Å². The fraction of sp³-hybridized carbons (Fsp3) is 0.565. The second-order valence-electron chi connectivity index (χ2n) is 8.93. The minimum Gasteiger partial charge on any atom is -0.508 e. The summed E-state index contributed by atoms with van der Waals surface area (Å²) >= 11 is 0. The van der Waals surface area contributed by atoms with Gasteiger partial charge in [0.15, 0.2) is 0 Å². The van der Waals surface area contributed by atoms with Crippen molar-refractivity contribution in [3.8, 4) is 5.75 Å². The van der Waals surface area contributed by atoms with E-state index in [9.17, 15) is 24.3 Å². The SMILES string of the molecule is CC(C)CC(N)C(=O)NC(Cc1ccc(O)cc1)C(=O)N1CCCC1C(=O)NC(C)C(=O)O. The number of carboxylic acid groups (broad SMARTS) is 1. The van der Waals surface area contributed by atoms with Gasteiger partial charge < -0.3 is 31.5 Å². The number of rotatable bonds is 10. The lowest BCUT2D eigenvalue weighted by atomic mass is 10.0. The summed E-state index contributed by atoms with van der Waals surface area (Å²) in [6.07, 6.45) is 1.58. The molecule has 0 aliphatic carbocycles. The molecule has 0 radical (unpaired) electrons. The Balaban J connectivity index is 2.21. The van der Waals surface area contributed by atoms with Gasteiger partial charge in [0.05, 0.1) is 6.04 Å². The van der Waals surface area contributed by atoms with Crippen molar-refractivity contribution >= 4 is 23.7 Å². The number of phenols is 1. The molecule has 1 aromatic rings. The fourth-order valence-corrected chi connectivity index (χ4v) is 3.84. The van der Waals surface area contributed by atoms with E-state index in [1.807, 2.05) is 13.8 Å². The third-order valence-corrected chi connectivity index (χ3v) is 5.62. The van der Waals surface area contributed by atoms with Crippen molar-refractivity contribution < 1.29 is 29.4 Å². The number of carbonyl (C=O) groups excluding carboxylic acids is 3. The highest BCUT2D eigenvalue weighted by Crippen LogP contribution is 2.21. The molecule has 4 unspecified atom stereocenters. The summed E-state index contributed by atoms with van der Waals surface area (Å²) in [7, 11) is 0. The van der Waals surface area contributed by atoms with E-state index in [0.29, 0.717) is 31.4 Å². The van der Waals surface area contributed by atoms with Gasteiger partial charge in [0.25, 0.3) is 0 Å². The number of carboxylic acids is 1. The predicted octanol–water partition coefficient (Wildman–Crippen LogP) is 0.373. The molecule has 0 bridgehead atoms. The highest BCUT2D eigenvalue weighted by Gasteiger charge is 2.38. The fourth-order valence-electron chi connectivity index (χ4n) is 3.84. The minimum absolute atomic E-state index is 0.0773. The first-order valence-corrected chi connectivity index (χ1v) is 11.2. The van der Waals surface area contributed by atoms with Crippen LogP contribution in [0.4, 0.5) is 0 Å². The molecule has 2 rings (SSSR count). The molecule has 1 saturated heterocycles. The lowest BCUT2D eigenvalue weighted by Crippen LogP contribution is -2.57. The molecule has 1 fully saturated rings. The van der Waals surface area contributed by atoms with Crippen molar-refractivity contribution in [3.63, 3.8) is 0 Å². The second-order valence-corrected chi connectivity index (χ2v) is 8.93. The number of benzene rings is 1. The van der Waals surface area contributed by atoms with Crippen LogP contribution in [-0.4, -0.2) is 69.5 Å². The first kappa shape index (κ1) is 26.1. The number of likely N-dealkylation sites (tertiary alicyclic amines) is 1. The van der Waals surface area contributed by atoms with E-state index in [4.69, 9.17) is 10.8 Å². The van der Waals surface area contributed by atoms with Gasteiger partial charge in [-0.2, -0.15) is 0 Å². The monoisotopic (exact) mass is 462 g/mol. The Morgan fingerprint density at radius 1 is 1.12 bits per heavy atom. The summed E-state index contributed by atoms with van der Waals surface area (Å²) in [6, 6.07) is 2.63. The van der Waals surface area contributed by atoms with Crippen molar-refractivity contribution in [2.24, 2.45) is 11.7 Å². The van der Waals surface area contributed by atoms with E-state index < -0.39 is 47.9 Å². The second kappa shape index (κ2) is 11.6. The molecule has 10 heteroatoms. The largest absolute Gasteiger partial charge is 0.508 e. The maximum absolute atomic E-state index is 13.5. The van der Waals surface area contributed by atoms with E-state index in [0.717, 1.165) is 0 Å². The van der Waals surface area contributed by atoms with Gasteiger partial charge in [-0.3, -0.25) is 19.2 Å². The molecule has 3 amide bonds. The van der Waals surface area contributed by atoms with E-state index in [-0.39, 0.29) is 18.1 Å². The first-order chi connectivity index (χ1) is 15.5. The van der Waals surface area contributed by atoms with Gasteiger partial charge >= 0.3 is 5.97 Å². The van der Waals surface area contributed by atoms with Crippen molar-refractivity contribution in [2.45, 2.75) is 70.6 Å². The molecule has 1 aromatic carbocycles. The van der Waals surface area contributed by atoms with Gasteiger partial charge in [0.1, 0.15) is 23.9 Å². The Kier molecular flexibility index (Phi) is 9.22.